The first-order valence-electron chi connectivity index (χ1n) is 2.86. The molecule has 62 valence electrons. The molecule has 4 N–H and O–H groups in total. The van der Waals surface area contributed by atoms with Crippen molar-refractivity contribution in [3.05, 3.63) is 0 Å². The van der Waals surface area contributed by atoms with Crippen LogP contribution in [0.25, 0.3) is 0 Å². The normalized spacial score (nSPS) is 8.45. The first-order chi connectivity index (χ1) is 5.07. The van der Waals surface area contributed by atoms with Crippen molar-refractivity contribution in [2.24, 2.45) is 5.73 Å². The van der Waals surface area contributed by atoms with Gasteiger partial charge in [0.05, 0.1) is 11.5 Å². The molecule has 0 heterocycles. The first-order valence-corrected chi connectivity index (χ1v) is 3.27. The van der Waals surface area contributed by atoms with Gasteiger partial charge in [0.25, 0.3) is 0 Å². The van der Waals surface area contributed by atoms with Gasteiger partial charge in [-0.25, -0.2) is 0 Å². The third-order valence-electron chi connectivity index (χ3n) is 0.856. The third kappa shape index (κ3) is 4.26. The van der Waals surface area contributed by atoms with Crippen LogP contribution in [0.3, 0.4) is 0 Å². The van der Waals surface area contributed by atoms with Gasteiger partial charge in [0.15, 0.2) is 0 Å². The summed E-state index contributed by atoms with van der Waals surface area (Å²) in [5.74, 6) is -1.44. The molecule has 11 heavy (non-hydrogen) atoms. The number of likely N-dealkylation sites (N-methyl/N-ethyl adjacent to an activating group) is 1. The highest BCUT2D eigenvalue weighted by molar-refractivity contribution is 7.80. The summed E-state index contributed by atoms with van der Waals surface area (Å²) in [6.45, 7) is 0.0432. The highest BCUT2D eigenvalue weighted by atomic mass is 32.1. The third-order valence-corrected chi connectivity index (χ3v) is 1.00. The van der Waals surface area contributed by atoms with E-state index in [1.807, 2.05) is 0 Å². The molecule has 0 radical (unpaired) electrons. The molecule has 0 spiro atoms. The second kappa shape index (κ2) is 4.62. The van der Waals surface area contributed by atoms with E-state index in [0.717, 1.165) is 0 Å². The van der Waals surface area contributed by atoms with E-state index in [2.05, 4.69) is 22.9 Å². The van der Waals surface area contributed by atoms with E-state index in [0.29, 0.717) is 0 Å². The van der Waals surface area contributed by atoms with Crippen molar-refractivity contribution in [3.63, 3.8) is 0 Å². The minimum absolute atomic E-state index is 0.0432. The Balaban J connectivity index is 3.70. The molecule has 2 amide bonds. The minimum atomic E-state index is -0.736. The molecule has 5 nitrogen and oxygen atoms in total. The molecule has 0 atom stereocenters. The summed E-state index contributed by atoms with van der Waals surface area (Å²) in [6, 6.07) is 0. The van der Waals surface area contributed by atoms with Crippen LogP contribution in [-0.4, -0.2) is 30.4 Å². The Morgan fingerprint density at radius 1 is 1.45 bits per heavy atom. The van der Waals surface area contributed by atoms with Crippen LogP contribution in [0, 0.1) is 0 Å². The molecule has 0 aliphatic heterocycles. The van der Waals surface area contributed by atoms with Gasteiger partial charge in [-0.05, 0) is 0 Å². The van der Waals surface area contributed by atoms with Crippen LogP contribution in [0.1, 0.15) is 0 Å². The van der Waals surface area contributed by atoms with E-state index >= 15 is 0 Å². The number of amides is 2. The van der Waals surface area contributed by atoms with Crippen LogP contribution in [0.15, 0.2) is 0 Å². The second-order valence-electron chi connectivity index (χ2n) is 1.73. The minimum Gasteiger partial charge on any atom is -0.392 e. The largest absolute Gasteiger partial charge is 0.392 e. The SMILES string of the molecule is CNC(=O)C(=O)NCC(N)=S. The topological polar surface area (TPSA) is 84.2 Å². The number of carbonyl (C=O) groups is 2. The number of thiocarbonyl (C=S) groups is 1. The molecule has 6 heteroatoms. The Bertz CT molecular complexity index is 192. The molecular weight excluding hydrogens is 166 g/mol. The van der Waals surface area contributed by atoms with Crippen molar-refractivity contribution in [2.75, 3.05) is 13.6 Å². The fourth-order valence-electron chi connectivity index (χ4n) is 0.361. The van der Waals surface area contributed by atoms with Crippen molar-refractivity contribution in [3.8, 4) is 0 Å². The number of carbonyl (C=O) groups excluding carboxylic acids is 2. The number of nitrogens with two attached hydrogens (primary N) is 1. The van der Waals surface area contributed by atoms with Gasteiger partial charge < -0.3 is 16.4 Å². The van der Waals surface area contributed by atoms with Crippen LogP contribution in [0.4, 0.5) is 0 Å². The predicted octanol–water partition coefficient (Wildman–Crippen LogP) is -1.87. The van der Waals surface area contributed by atoms with Gasteiger partial charge in [-0.3, -0.25) is 9.59 Å². The Morgan fingerprint density at radius 2 is 2.00 bits per heavy atom. The Morgan fingerprint density at radius 3 is 2.36 bits per heavy atom. The van der Waals surface area contributed by atoms with Crippen LogP contribution in [0.2, 0.25) is 0 Å². The molecule has 0 aromatic rings. The predicted molar refractivity (Wildman–Crippen MR) is 43.9 cm³/mol. The van der Waals surface area contributed by atoms with Crippen LogP contribution in [-0.2, 0) is 9.59 Å². The number of hydrogen-bond acceptors (Lipinski definition) is 3. The van der Waals surface area contributed by atoms with E-state index in [4.69, 9.17) is 5.73 Å². The smallest absolute Gasteiger partial charge is 0.309 e. The monoisotopic (exact) mass is 175 g/mol. The lowest BCUT2D eigenvalue weighted by Gasteiger charge is -2.00. The summed E-state index contributed by atoms with van der Waals surface area (Å²) < 4.78 is 0. The maximum Gasteiger partial charge on any atom is 0.309 e. The molecule has 0 saturated carbocycles. The summed E-state index contributed by atoms with van der Waals surface area (Å²) in [5, 5.41) is 4.37. The summed E-state index contributed by atoms with van der Waals surface area (Å²) in [5.41, 5.74) is 5.07. The highest BCUT2D eigenvalue weighted by Crippen LogP contribution is 1.67. The first kappa shape index (κ1) is 9.83. The van der Waals surface area contributed by atoms with Gasteiger partial charge in [-0.1, -0.05) is 12.2 Å². The summed E-state index contributed by atoms with van der Waals surface area (Å²) >= 11 is 4.47. The lowest BCUT2D eigenvalue weighted by atomic mass is 10.5. The lowest BCUT2D eigenvalue weighted by molar-refractivity contribution is -0.138. The van der Waals surface area contributed by atoms with E-state index in [1.165, 1.54) is 7.05 Å². The quantitative estimate of drug-likeness (QED) is 0.339. The second-order valence-corrected chi connectivity index (χ2v) is 2.25. The van der Waals surface area contributed by atoms with Crippen LogP contribution < -0.4 is 16.4 Å². The standard InChI is InChI=1S/C5H9N3O2S/c1-7-4(9)5(10)8-2-3(6)11/h2H2,1H3,(H2,6,11)(H,7,9)(H,8,10). The fourth-order valence-corrected chi connectivity index (χ4v) is 0.433. The van der Waals surface area contributed by atoms with Crippen molar-refractivity contribution in [2.45, 2.75) is 0 Å². The molecule has 0 fully saturated rings. The Kier molecular flexibility index (Phi) is 4.12. The summed E-state index contributed by atoms with van der Waals surface area (Å²) in [4.78, 5) is 21.3. The highest BCUT2D eigenvalue weighted by Gasteiger charge is 2.09. The van der Waals surface area contributed by atoms with Gasteiger partial charge in [-0.15, -0.1) is 0 Å². The molecule has 0 bridgehead atoms. The van der Waals surface area contributed by atoms with Crippen molar-refractivity contribution in [1.29, 1.82) is 0 Å². The molecule has 0 aliphatic rings. The van der Waals surface area contributed by atoms with Crippen LogP contribution in [0.5, 0.6) is 0 Å². The number of nitrogens with one attached hydrogen (secondary N) is 2. The van der Waals surface area contributed by atoms with Gasteiger partial charge in [0.1, 0.15) is 0 Å². The maximum atomic E-state index is 10.6. The fraction of sp³-hybridized carbons (Fsp3) is 0.400. The van der Waals surface area contributed by atoms with Crippen LogP contribution >= 0.6 is 12.2 Å². The molecule has 0 aliphatic carbocycles. The number of rotatable bonds is 2. The lowest BCUT2D eigenvalue weighted by Crippen LogP contribution is -2.41. The van der Waals surface area contributed by atoms with Crippen molar-refractivity contribution >= 4 is 29.0 Å². The average Bonchev–Trinajstić information content (AvgIpc) is 1.98. The van der Waals surface area contributed by atoms with E-state index in [1.54, 1.807) is 0 Å². The van der Waals surface area contributed by atoms with Gasteiger partial charge in [0, 0.05) is 7.05 Å². The van der Waals surface area contributed by atoms with E-state index in [9.17, 15) is 9.59 Å². The van der Waals surface area contributed by atoms with Crippen molar-refractivity contribution < 1.29 is 9.59 Å². The Labute approximate surface area is 69.3 Å². The summed E-state index contributed by atoms with van der Waals surface area (Å²) in [7, 11) is 1.36. The van der Waals surface area contributed by atoms with E-state index < -0.39 is 11.8 Å². The molecule has 0 aromatic carbocycles. The van der Waals surface area contributed by atoms with Gasteiger partial charge in [0.2, 0.25) is 0 Å². The summed E-state index contributed by atoms with van der Waals surface area (Å²) in [6.07, 6.45) is 0. The average molecular weight is 175 g/mol. The zero-order valence-electron chi connectivity index (χ0n) is 6.01. The maximum absolute atomic E-state index is 10.6. The van der Waals surface area contributed by atoms with E-state index in [-0.39, 0.29) is 11.5 Å². The Hall–Kier alpha value is -1.17. The molecule has 0 saturated heterocycles. The molecule has 0 unspecified atom stereocenters. The van der Waals surface area contributed by atoms with Crippen molar-refractivity contribution in [1.82, 2.24) is 10.6 Å². The molecule has 0 aromatic heterocycles. The molecule has 0 rings (SSSR count). The number of hydrogen-bond donors (Lipinski definition) is 3. The van der Waals surface area contributed by atoms with Gasteiger partial charge >= 0.3 is 11.8 Å². The molecular formula is C5H9N3O2S. The zero-order chi connectivity index (χ0) is 8.85. The van der Waals surface area contributed by atoms with Gasteiger partial charge in [-0.2, -0.15) is 0 Å². The zero-order valence-corrected chi connectivity index (χ0v) is 6.83.